The molecule has 0 unspecified atom stereocenters. The van der Waals surface area contributed by atoms with Gasteiger partial charge in [-0.05, 0) is 96.1 Å². The lowest BCUT2D eigenvalue weighted by atomic mass is 10.1. The number of methoxy groups -OCH3 is 2. The molecule has 20 nitrogen and oxygen atoms in total. The molecule has 79 heavy (non-hydrogen) atoms. The molecule has 0 saturated carbocycles. The number of aryl methyl sites for hydroxylation is 2. The van der Waals surface area contributed by atoms with Crippen molar-refractivity contribution in [3.05, 3.63) is 145 Å². The van der Waals surface area contributed by atoms with E-state index in [1.807, 2.05) is 101 Å². The smallest absolute Gasteiger partial charge is 0.294 e. The largest absolute Gasteiger partial charge is 0.494 e. The SMILES string of the molecule is C=CC(=O)Cl.C=CC(=O)Nc1cc(Nc2nccc(-c3cn(CC)c4ccccc34)n2)c(OC)cc1N(C)CCN(C)C.CCn1cc(-c2ccnc(Nc3cc([N+](=O)[O-])c(N(C)CCN(C)C)cc3OC)n2)c2ccccc21. The maximum Gasteiger partial charge on any atom is 0.294 e. The molecule has 4 heterocycles. The van der Waals surface area contributed by atoms with Crippen LogP contribution in [-0.4, -0.2) is 138 Å². The lowest BCUT2D eigenvalue weighted by molar-refractivity contribution is -0.384. The Kier molecular flexibility index (Phi) is 21.0. The van der Waals surface area contributed by atoms with Crippen molar-refractivity contribution in [2.45, 2.75) is 26.9 Å². The Bertz CT molecular complexity index is 3430. The van der Waals surface area contributed by atoms with Crippen LogP contribution in [0.3, 0.4) is 0 Å². The van der Waals surface area contributed by atoms with Gasteiger partial charge >= 0.3 is 0 Å². The van der Waals surface area contributed by atoms with Crippen molar-refractivity contribution in [3.8, 4) is 34.0 Å². The molecule has 0 atom stereocenters. The van der Waals surface area contributed by atoms with Crippen LogP contribution in [0.4, 0.5) is 46.0 Å². The highest BCUT2D eigenvalue weighted by Crippen LogP contribution is 2.41. The van der Waals surface area contributed by atoms with E-state index in [2.05, 4.69) is 109 Å². The number of likely N-dealkylation sites (N-methyl/N-ethyl adjacent to an activating group) is 4. The van der Waals surface area contributed by atoms with E-state index in [1.165, 1.54) is 19.3 Å². The van der Waals surface area contributed by atoms with Gasteiger partial charge in [0.1, 0.15) is 17.2 Å². The zero-order valence-electron chi connectivity index (χ0n) is 46.5. The van der Waals surface area contributed by atoms with Gasteiger partial charge in [0, 0.05) is 129 Å². The topological polar surface area (TPSA) is 206 Å². The molecule has 0 fully saturated rings. The molecule has 4 aromatic carbocycles. The summed E-state index contributed by atoms with van der Waals surface area (Å²) in [6, 6.07) is 27.1. The minimum Gasteiger partial charge on any atom is -0.494 e. The molecular formula is C58H69ClN14O6. The highest BCUT2D eigenvalue weighted by atomic mass is 35.5. The summed E-state index contributed by atoms with van der Waals surface area (Å²) in [7, 11) is 14.9. The average molecular weight is 1090 g/mol. The second-order valence-electron chi connectivity index (χ2n) is 18.5. The van der Waals surface area contributed by atoms with E-state index in [0.29, 0.717) is 52.7 Å². The number of halogens is 1. The minimum absolute atomic E-state index is 0.0262. The number of carbonyl (C=O) groups is 2. The van der Waals surface area contributed by atoms with Gasteiger partial charge in [0.15, 0.2) is 0 Å². The zero-order chi connectivity index (χ0) is 57.3. The third-order valence-electron chi connectivity index (χ3n) is 12.6. The summed E-state index contributed by atoms with van der Waals surface area (Å²) in [5.74, 6) is 1.51. The maximum absolute atomic E-state index is 12.2. The number of hydrogen-bond donors (Lipinski definition) is 3. The first-order chi connectivity index (χ1) is 37.9. The molecule has 0 aliphatic rings. The van der Waals surface area contributed by atoms with Gasteiger partial charge < -0.3 is 54.2 Å². The highest BCUT2D eigenvalue weighted by molar-refractivity contribution is 6.66. The summed E-state index contributed by atoms with van der Waals surface area (Å²) in [5, 5.41) is 23.0. The van der Waals surface area contributed by atoms with Gasteiger partial charge in [-0.3, -0.25) is 19.7 Å². The summed E-state index contributed by atoms with van der Waals surface area (Å²) in [5.41, 5.74) is 8.85. The quantitative estimate of drug-likeness (QED) is 0.0250. The number of carbonyl (C=O) groups excluding carboxylic acids is 2. The summed E-state index contributed by atoms with van der Waals surface area (Å²) >= 11 is 4.71. The number of amides is 1. The Morgan fingerprint density at radius 2 is 1.10 bits per heavy atom. The number of anilines is 7. The molecule has 8 rings (SSSR count). The normalized spacial score (nSPS) is 10.8. The van der Waals surface area contributed by atoms with Crippen LogP contribution in [-0.2, 0) is 22.7 Å². The first-order valence-corrected chi connectivity index (χ1v) is 25.7. The second-order valence-corrected chi connectivity index (χ2v) is 18.9. The fourth-order valence-corrected chi connectivity index (χ4v) is 8.46. The number of nitro groups is 1. The number of fused-ring (bicyclic) bond motifs is 2. The first kappa shape index (κ1) is 59.4. The summed E-state index contributed by atoms with van der Waals surface area (Å²) in [6.45, 7) is 15.6. The molecular weight excluding hydrogens is 1020 g/mol. The Morgan fingerprint density at radius 1 is 0.658 bits per heavy atom. The van der Waals surface area contributed by atoms with Gasteiger partial charge in [0.25, 0.3) is 5.69 Å². The highest BCUT2D eigenvalue weighted by Gasteiger charge is 2.23. The molecule has 0 saturated heterocycles. The number of allylic oxidation sites excluding steroid dienone is 1. The van der Waals surface area contributed by atoms with E-state index in [1.54, 1.807) is 25.6 Å². The molecule has 1 amide bonds. The standard InChI is InChI=1S/C29H35N7O2.C26H31N7O3.C3H3ClO/c1-7-28(37)31-23-17-24(27(38-6)18-26(23)35(5)16-15-34(3)4)33-29-30-14-13-22(32-29)21-19-36(8-2)25-12-10-9-11-20(21)25;1-6-32-17-19(18-9-7-8-10-22(18)32)20-11-12-27-26(28-20)29-21-15-24(33(34)35)23(16-25(21)36-5)31(4)14-13-30(2)3;1-2-3(4)5/h7,9-14,17-19H,1,8,15-16H2,2-6H3,(H,31,37)(H,30,32,33);7-12,15-17H,6,13-14H2,1-5H3,(H,27,28,29);2H,1H2. The first-order valence-electron chi connectivity index (χ1n) is 25.4. The van der Waals surface area contributed by atoms with Crippen LogP contribution in [0.2, 0.25) is 0 Å². The number of nitrogens with zero attached hydrogens (tertiary/aromatic N) is 11. The van der Waals surface area contributed by atoms with Crippen LogP contribution >= 0.6 is 11.6 Å². The van der Waals surface area contributed by atoms with Crippen LogP contribution in [0.15, 0.2) is 135 Å². The fraction of sp³-hybridized carbons (Fsp3) is 0.276. The van der Waals surface area contributed by atoms with Crippen molar-refractivity contribution in [1.29, 1.82) is 0 Å². The lowest BCUT2D eigenvalue weighted by Crippen LogP contribution is -2.29. The van der Waals surface area contributed by atoms with Crippen LogP contribution in [0, 0.1) is 10.1 Å². The van der Waals surface area contributed by atoms with Crippen LogP contribution < -0.4 is 35.2 Å². The minimum atomic E-state index is -0.509. The molecule has 0 aliphatic carbocycles. The third kappa shape index (κ3) is 15.2. The molecule has 21 heteroatoms. The number of ether oxygens (including phenoxy) is 2. The predicted octanol–water partition coefficient (Wildman–Crippen LogP) is 10.7. The number of nitrogens with one attached hydrogen (secondary N) is 3. The van der Waals surface area contributed by atoms with Crippen LogP contribution in [0.25, 0.3) is 44.3 Å². The number of benzene rings is 4. The number of nitro benzene ring substituents is 1. The van der Waals surface area contributed by atoms with E-state index in [4.69, 9.17) is 31.0 Å². The molecule has 0 radical (unpaired) electrons. The van der Waals surface area contributed by atoms with Gasteiger partial charge in [0.05, 0.1) is 53.3 Å². The monoisotopic (exact) mass is 1090 g/mol. The molecule has 8 aromatic rings. The van der Waals surface area contributed by atoms with E-state index >= 15 is 0 Å². The molecule has 0 bridgehead atoms. The van der Waals surface area contributed by atoms with E-state index in [0.717, 1.165) is 88.8 Å². The maximum atomic E-state index is 12.2. The van der Waals surface area contributed by atoms with Crippen molar-refractivity contribution in [2.75, 3.05) is 108 Å². The molecule has 0 spiro atoms. The lowest BCUT2D eigenvalue weighted by Gasteiger charge is -2.26. The van der Waals surface area contributed by atoms with Gasteiger partial charge in [-0.15, -0.1) is 0 Å². The third-order valence-corrected chi connectivity index (χ3v) is 12.8. The summed E-state index contributed by atoms with van der Waals surface area (Å²) in [4.78, 5) is 59.6. The fourth-order valence-electron chi connectivity index (χ4n) is 8.46. The van der Waals surface area contributed by atoms with Crippen molar-refractivity contribution in [1.82, 2.24) is 38.9 Å². The van der Waals surface area contributed by atoms with Crippen LogP contribution in [0.1, 0.15) is 13.8 Å². The number of aromatic nitrogens is 6. The Hall–Kier alpha value is -8.85. The number of para-hydroxylation sites is 2. The van der Waals surface area contributed by atoms with Crippen molar-refractivity contribution < 1.29 is 24.0 Å². The number of rotatable bonds is 22. The van der Waals surface area contributed by atoms with Crippen molar-refractivity contribution in [2.24, 2.45) is 0 Å². The van der Waals surface area contributed by atoms with Crippen molar-refractivity contribution in [3.63, 3.8) is 0 Å². The molecule has 4 aromatic heterocycles. The average Bonchev–Trinajstić information content (AvgIpc) is 4.05. The Labute approximate surface area is 466 Å². The second kappa shape index (κ2) is 28.0. The van der Waals surface area contributed by atoms with Gasteiger partial charge in [-0.2, -0.15) is 0 Å². The molecule has 414 valence electrons. The van der Waals surface area contributed by atoms with Gasteiger partial charge in [-0.1, -0.05) is 49.6 Å². The predicted molar refractivity (Wildman–Crippen MR) is 320 cm³/mol. The Morgan fingerprint density at radius 3 is 1.52 bits per heavy atom. The van der Waals surface area contributed by atoms with E-state index in [-0.39, 0.29) is 16.5 Å². The summed E-state index contributed by atoms with van der Waals surface area (Å²) < 4.78 is 15.7. The molecule has 0 aliphatic heterocycles. The van der Waals surface area contributed by atoms with Gasteiger partial charge in [0.2, 0.25) is 23.0 Å². The van der Waals surface area contributed by atoms with E-state index in [9.17, 15) is 19.7 Å². The molecule has 3 N–H and O–H groups in total. The summed E-state index contributed by atoms with van der Waals surface area (Å²) in [6.07, 6.45) is 9.91. The zero-order valence-corrected chi connectivity index (χ0v) is 47.2. The van der Waals surface area contributed by atoms with Crippen molar-refractivity contribution >= 4 is 90.6 Å². The van der Waals surface area contributed by atoms with Crippen LogP contribution in [0.5, 0.6) is 11.5 Å². The Balaban J connectivity index is 0.000000235. The van der Waals surface area contributed by atoms with E-state index < -0.39 is 5.24 Å². The number of hydrogen-bond acceptors (Lipinski definition) is 16. The van der Waals surface area contributed by atoms with Gasteiger partial charge in [-0.25, -0.2) is 19.9 Å².